The zero-order valence-corrected chi connectivity index (χ0v) is 11.1. The predicted molar refractivity (Wildman–Crippen MR) is 74.1 cm³/mol. The normalized spacial score (nSPS) is 12.1. The van der Waals surface area contributed by atoms with Crippen molar-refractivity contribution in [3.05, 3.63) is 29.8 Å². The fourth-order valence-corrected chi connectivity index (χ4v) is 2.28. The van der Waals surface area contributed by atoms with Crippen molar-refractivity contribution in [2.75, 3.05) is 16.8 Å². The number of rotatable bonds is 7. The van der Waals surface area contributed by atoms with Crippen molar-refractivity contribution < 1.29 is 9.90 Å². The van der Waals surface area contributed by atoms with E-state index in [2.05, 4.69) is 19.2 Å². The highest BCUT2D eigenvalue weighted by atomic mass is 32.2. The number of nitrogens with one attached hydrogen (secondary N) is 1. The van der Waals surface area contributed by atoms with Crippen molar-refractivity contribution in [2.24, 2.45) is 0 Å². The number of anilines is 1. The van der Waals surface area contributed by atoms with Gasteiger partial charge in [-0.25, -0.2) is 4.79 Å². The number of hydrogen-bond acceptors (Lipinski definition) is 3. The van der Waals surface area contributed by atoms with Crippen LogP contribution in [-0.2, 0) is 0 Å². The Hall–Kier alpha value is -1.16. The highest BCUT2D eigenvalue weighted by Crippen LogP contribution is 2.13. The van der Waals surface area contributed by atoms with Gasteiger partial charge < -0.3 is 10.4 Å². The molecule has 1 aromatic rings. The Morgan fingerprint density at radius 1 is 1.41 bits per heavy atom. The van der Waals surface area contributed by atoms with Gasteiger partial charge in [0, 0.05) is 11.7 Å². The quantitative estimate of drug-likeness (QED) is 0.732. The van der Waals surface area contributed by atoms with Crippen LogP contribution in [0.5, 0.6) is 0 Å². The van der Waals surface area contributed by atoms with Crippen LogP contribution in [0, 0.1) is 0 Å². The fraction of sp³-hybridized carbons (Fsp3) is 0.462. The molecule has 0 aliphatic carbocycles. The summed E-state index contributed by atoms with van der Waals surface area (Å²) < 4.78 is 0. The molecule has 17 heavy (non-hydrogen) atoms. The smallest absolute Gasteiger partial charge is 0.335 e. The van der Waals surface area contributed by atoms with E-state index < -0.39 is 5.97 Å². The lowest BCUT2D eigenvalue weighted by Crippen LogP contribution is -2.16. The van der Waals surface area contributed by atoms with Crippen LogP contribution in [0.4, 0.5) is 5.69 Å². The number of carboxylic acid groups (broad SMARTS) is 1. The van der Waals surface area contributed by atoms with Crippen molar-refractivity contribution in [2.45, 2.75) is 26.3 Å². The molecule has 0 amide bonds. The van der Waals surface area contributed by atoms with Gasteiger partial charge in [0.25, 0.3) is 0 Å². The molecule has 0 aliphatic heterocycles. The van der Waals surface area contributed by atoms with E-state index in [0.29, 0.717) is 11.6 Å². The molecule has 0 aromatic heterocycles. The summed E-state index contributed by atoms with van der Waals surface area (Å²) in [6.45, 7) is 4.30. The van der Waals surface area contributed by atoms with E-state index in [4.69, 9.17) is 5.11 Å². The summed E-state index contributed by atoms with van der Waals surface area (Å²) in [5.41, 5.74) is 1.30. The van der Waals surface area contributed by atoms with Crippen molar-refractivity contribution in [1.29, 1.82) is 0 Å². The van der Waals surface area contributed by atoms with Crippen LogP contribution in [0.15, 0.2) is 24.3 Å². The molecular formula is C13H19NO2S. The third kappa shape index (κ3) is 5.13. The molecule has 2 N–H and O–H groups in total. The van der Waals surface area contributed by atoms with Gasteiger partial charge >= 0.3 is 5.97 Å². The topological polar surface area (TPSA) is 49.3 Å². The minimum Gasteiger partial charge on any atom is -0.478 e. The van der Waals surface area contributed by atoms with Gasteiger partial charge in [0.05, 0.1) is 5.56 Å². The average Bonchev–Trinajstić information content (AvgIpc) is 2.30. The zero-order valence-electron chi connectivity index (χ0n) is 10.3. The van der Waals surface area contributed by atoms with E-state index in [9.17, 15) is 4.79 Å². The molecule has 4 heteroatoms. The maximum Gasteiger partial charge on any atom is 0.335 e. The van der Waals surface area contributed by atoms with Crippen LogP contribution in [0.3, 0.4) is 0 Å². The van der Waals surface area contributed by atoms with Gasteiger partial charge in [-0.3, -0.25) is 0 Å². The summed E-state index contributed by atoms with van der Waals surface area (Å²) >= 11 is 1.94. The van der Waals surface area contributed by atoms with Crippen molar-refractivity contribution in [1.82, 2.24) is 0 Å². The lowest BCUT2D eigenvalue weighted by molar-refractivity contribution is 0.0697. The van der Waals surface area contributed by atoms with Crippen LogP contribution in [0.1, 0.15) is 30.6 Å². The molecule has 1 unspecified atom stereocenters. The SMILES string of the molecule is CCSCCC(C)Nc1ccc(C(=O)O)cc1. The van der Waals surface area contributed by atoms with Crippen LogP contribution >= 0.6 is 11.8 Å². The Kier molecular flexibility index (Phi) is 5.91. The molecule has 0 aliphatic rings. The molecule has 1 rings (SSSR count). The van der Waals surface area contributed by atoms with Crippen LogP contribution in [-0.4, -0.2) is 28.6 Å². The molecule has 0 bridgehead atoms. The highest BCUT2D eigenvalue weighted by Gasteiger charge is 2.04. The van der Waals surface area contributed by atoms with E-state index >= 15 is 0 Å². The summed E-state index contributed by atoms with van der Waals surface area (Å²) in [6.07, 6.45) is 1.11. The first-order valence-electron chi connectivity index (χ1n) is 5.81. The van der Waals surface area contributed by atoms with Crippen molar-refractivity contribution in [3.8, 4) is 0 Å². The van der Waals surface area contributed by atoms with Crippen LogP contribution < -0.4 is 5.32 Å². The van der Waals surface area contributed by atoms with Gasteiger partial charge in [-0.2, -0.15) is 11.8 Å². The Labute approximate surface area is 107 Å². The predicted octanol–water partition coefficient (Wildman–Crippen LogP) is 3.33. The first-order valence-corrected chi connectivity index (χ1v) is 6.96. The molecule has 94 valence electrons. The fourth-order valence-electron chi connectivity index (χ4n) is 1.47. The van der Waals surface area contributed by atoms with Crippen LogP contribution in [0.25, 0.3) is 0 Å². The molecule has 0 spiro atoms. The van der Waals surface area contributed by atoms with E-state index in [1.807, 2.05) is 23.9 Å². The second-order valence-corrected chi connectivity index (χ2v) is 5.31. The molecule has 0 fully saturated rings. The number of thioether (sulfide) groups is 1. The molecule has 1 atom stereocenters. The van der Waals surface area contributed by atoms with Gasteiger partial charge in [-0.05, 0) is 49.1 Å². The van der Waals surface area contributed by atoms with E-state index in [-0.39, 0.29) is 0 Å². The van der Waals surface area contributed by atoms with Gasteiger partial charge in [0.2, 0.25) is 0 Å². The second kappa shape index (κ2) is 7.22. The third-order valence-corrected chi connectivity index (χ3v) is 3.38. The third-order valence-electron chi connectivity index (χ3n) is 2.44. The van der Waals surface area contributed by atoms with Gasteiger partial charge in [-0.1, -0.05) is 6.92 Å². The summed E-state index contributed by atoms with van der Waals surface area (Å²) in [5.74, 6) is 1.42. The first kappa shape index (κ1) is 13.9. The molecule has 3 nitrogen and oxygen atoms in total. The first-order chi connectivity index (χ1) is 8.13. The summed E-state index contributed by atoms with van der Waals surface area (Å²) in [5, 5.41) is 12.1. The summed E-state index contributed by atoms with van der Waals surface area (Å²) in [4.78, 5) is 10.7. The van der Waals surface area contributed by atoms with E-state index in [1.165, 1.54) is 0 Å². The average molecular weight is 253 g/mol. The molecular weight excluding hydrogens is 234 g/mol. The standard InChI is InChI=1S/C13H19NO2S/c1-3-17-9-8-10(2)14-12-6-4-11(5-7-12)13(15)16/h4-7,10,14H,3,8-9H2,1-2H3,(H,15,16). The minimum absolute atomic E-state index is 0.324. The summed E-state index contributed by atoms with van der Waals surface area (Å²) in [7, 11) is 0. The number of aromatic carboxylic acids is 1. The van der Waals surface area contributed by atoms with Crippen LogP contribution in [0.2, 0.25) is 0 Å². The minimum atomic E-state index is -0.885. The largest absolute Gasteiger partial charge is 0.478 e. The molecule has 0 saturated carbocycles. The van der Waals surface area contributed by atoms with E-state index in [0.717, 1.165) is 23.6 Å². The zero-order chi connectivity index (χ0) is 12.7. The number of hydrogen-bond donors (Lipinski definition) is 2. The Balaban J connectivity index is 2.43. The molecule has 1 aromatic carbocycles. The molecule has 0 radical (unpaired) electrons. The second-order valence-electron chi connectivity index (χ2n) is 3.91. The number of carboxylic acids is 1. The number of carbonyl (C=O) groups is 1. The maximum absolute atomic E-state index is 10.7. The Morgan fingerprint density at radius 2 is 2.06 bits per heavy atom. The lowest BCUT2D eigenvalue weighted by Gasteiger charge is -2.14. The maximum atomic E-state index is 10.7. The summed E-state index contributed by atoms with van der Waals surface area (Å²) in [6, 6.07) is 7.28. The van der Waals surface area contributed by atoms with Crippen molar-refractivity contribution in [3.63, 3.8) is 0 Å². The van der Waals surface area contributed by atoms with Gasteiger partial charge in [0.1, 0.15) is 0 Å². The molecule has 0 saturated heterocycles. The Bertz CT molecular complexity index is 351. The lowest BCUT2D eigenvalue weighted by atomic mass is 10.2. The molecule has 0 heterocycles. The number of benzene rings is 1. The van der Waals surface area contributed by atoms with Crippen molar-refractivity contribution >= 4 is 23.4 Å². The van der Waals surface area contributed by atoms with Gasteiger partial charge in [-0.15, -0.1) is 0 Å². The van der Waals surface area contributed by atoms with Gasteiger partial charge in [0.15, 0.2) is 0 Å². The Morgan fingerprint density at radius 3 is 2.59 bits per heavy atom. The highest BCUT2D eigenvalue weighted by molar-refractivity contribution is 7.99. The monoisotopic (exact) mass is 253 g/mol. The van der Waals surface area contributed by atoms with E-state index in [1.54, 1.807) is 12.1 Å².